The summed E-state index contributed by atoms with van der Waals surface area (Å²) in [4.78, 5) is 9.54. The average molecular weight is 495 g/mol. The van der Waals surface area contributed by atoms with E-state index in [-0.39, 0.29) is 6.16 Å². The minimum atomic E-state index is -3.12. The van der Waals surface area contributed by atoms with Gasteiger partial charge in [0.05, 0.1) is 24.9 Å². The van der Waals surface area contributed by atoms with Crippen LogP contribution in [0.1, 0.15) is 26.3 Å². The molecule has 8 heteroatoms. The second kappa shape index (κ2) is 10.2. The first-order valence-corrected chi connectivity index (χ1v) is 13.1. The van der Waals surface area contributed by atoms with E-state index in [1.165, 1.54) is 0 Å². The van der Waals surface area contributed by atoms with Crippen LogP contribution in [0.4, 0.5) is 0 Å². The first-order chi connectivity index (χ1) is 14.0. The van der Waals surface area contributed by atoms with Gasteiger partial charge in [-0.25, -0.2) is 9.97 Å². The van der Waals surface area contributed by atoms with E-state index in [4.69, 9.17) is 19.0 Å². The maximum atomic E-state index is 12.8. The Balaban J connectivity index is 1.92. The molecular weight excluding hydrogens is 471 g/mol. The maximum absolute atomic E-state index is 12.8. The molecule has 2 aromatic carbocycles. The van der Waals surface area contributed by atoms with Gasteiger partial charge in [0.15, 0.2) is 5.82 Å². The zero-order chi connectivity index (χ0) is 20.9. The van der Waals surface area contributed by atoms with E-state index in [1.807, 2.05) is 50.2 Å². The SMILES string of the molecule is CCOP(=O)(Cc1ccc(-c2nc(SCC)c3cc(Br)ccc3n2)cc1)OCC. The third-order valence-electron chi connectivity index (χ3n) is 4.14. The lowest BCUT2D eigenvalue weighted by atomic mass is 10.1. The smallest absolute Gasteiger partial charge is 0.309 e. The molecule has 0 N–H and O–H groups in total. The topological polar surface area (TPSA) is 61.3 Å². The number of hydrogen-bond acceptors (Lipinski definition) is 6. The number of nitrogens with zero attached hydrogens (tertiary/aromatic N) is 2. The molecule has 0 aliphatic heterocycles. The molecular formula is C21H24BrN2O3PS. The Morgan fingerprint density at radius 2 is 1.69 bits per heavy atom. The van der Waals surface area contributed by atoms with Gasteiger partial charge >= 0.3 is 7.60 Å². The van der Waals surface area contributed by atoms with Crippen LogP contribution in [-0.4, -0.2) is 28.9 Å². The Kier molecular flexibility index (Phi) is 7.88. The lowest BCUT2D eigenvalue weighted by Crippen LogP contribution is -1.99. The van der Waals surface area contributed by atoms with Crippen molar-refractivity contribution in [3.05, 3.63) is 52.5 Å². The molecule has 0 atom stereocenters. The second-order valence-corrected chi connectivity index (χ2v) is 10.5. The molecule has 0 amide bonds. The minimum Gasteiger partial charge on any atom is -0.309 e. The molecule has 1 aromatic heterocycles. The standard InChI is InChI=1S/C21H24BrN2O3PS/c1-4-26-28(25,27-5-2)14-15-7-9-16(10-8-15)20-23-19-12-11-17(22)13-18(19)21(24-20)29-6-3/h7-13H,4-6,14H2,1-3H3. The van der Waals surface area contributed by atoms with E-state index in [1.54, 1.807) is 11.8 Å². The molecule has 3 rings (SSSR count). The van der Waals surface area contributed by atoms with Crippen molar-refractivity contribution in [2.75, 3.05) is 19.0 Å². The number of thioether (sulfide) groups is 1. The Labute approximate surface area is 184 Å². The van der Waals surface area contributed by atoms with Gasteiger partial charge in [-0.15, -0.1) is 11.8 Å². The van der Waals surface area contributed by atoms with Gasteiger partial charge in [-0.05, 0) is 43.4 Å². The molecule has 154 valence electrons. The van der Waals surface area contributed by atoms with Crippen LogP contribution in [0.5, 0.6) is 0 Å². The fourth-order valence-electron chi connectivity index (χ4n) is 2.95. The summed E-state index contributed by atoms with van der Waals surface area (Å²) in [5, 5.41) is 2.01. The molecule has 0 saturated heterocycles. The van der Waals surface area contributed by atoms with Crippen LogP contribution in [0.25, 0.3) is 22.3 Å². The zero-order valence-electron chi connectivity index (χ0n) is 16.7. The van der Waals surface area contributed by atoms with Gasteiger partial charge in [-0.1, -0.05) is 47.1 Å². The molecule has 5 nitrogen and oxygen atoms in total. The minimum absolute atomic E-state index is 0.249. The fraction of sp³-hybridized carbons (Fsp3) is 0.333. The van der Waals surface area contributed by atoms with Crippen LogP contribution in [0.15, 0.2) is 52.0 Å². The first kappa shape index (κ1) is 22.4. The number of hydrogen-bond donors (Lipinski definition) is 0. The van der Waals surface area contributed by atoms with Gasteiger partial charge in [-0.3, -0.25) is 4.57 Å². The maximum Gasteiger partial charge on any atom is 0.335 e. The van der Waals surface area contributed by atoms with Crippen molar-refractivity contribution in [3.8, 4) is 11.4 Å². The number of aromatic nitrogens is 2. The van der Waals surface area contributed by atoms with E-state index >= 15 is 0 Å². The lowest BCUT2D eigenvalue weighted by Gasteiger charge is -2.17. The van der Waals surface area contributed by atoms with Crippen LogP contribution < -0.4 is 0 Å². The Morgan fingerprint density at radius 3 is 2.31 bits per heavy atom. The van der Waals surface area contributed by atoms with Crippen molar-refractivity contribution in [1.82, 2.24) is 9.97 Å². The molecule has 29 heavy (non-hydrogen) atoms. The number of halogens is 1. The van der Waals surface area contributed by atoms with Crippen LogP contribution in [0, 0.1) is 0 Å². The highest BCUT2D eigenvalue weighted by Crippen LogP contribution is 2.51. The number of benzene rings is 2. The van der Waals surface area contributed by atoms with Gasteiger partial charge in [-0.2, -0.15) is 0 Å². The fourth-order valence-corrected chi connectivity index (χ4v) is 5.76. The van der Waals surface area contributed by atoms with Crippen molar-refractivity contribution in [2.24, 2.45) is 0 Å². The highest BCUT2D eigenvalue weighted by Gasteiger charge is 2.24. The summed E-state index contributed by atoms with van der Waals surface area (Å²) in [6, 6.07) is 13.8. The Hall–Kier alpha value is -1.24. The molecule has 0 radical (unpaired) electrons. The molecule has 0 spiro atoms. The van der Waals surface area contributed by atoms with Gasteiger partial charge < -0.3 is 9.05 Å². The molecule has 0 fully saturated rings. The van der Waals surface area contributed by atoms with Crippen LogP contribution >= 0.6 is 35.3 Å². The quantitative estimate of drug-likeness (QED) is 0.182. The number of rotatable bonds is 9. The molecule has 0 bridgehead atoms. The summed E-state index contributed by atoms with van der Waals surface area (Å²) < 4.78 is 24.5. The van der Waals surface area contributed by atoms with Gasteiger partial charge in [0.25, 0.3) is 0 Å². The van der Waals surface area contributed by atoms with Crippen molar-refractivity contribution in [2.45, 2.75) is 32.0 Å². The van der Waals surface area contributed by atoms with Crippen LogP contribution in [0.2, 0.25) is 0 Å². The van der Waals surface area contributed by atoms with Crippen molar-refractivity contribution < 1.29 is 13.6 Å². The molecule has 0 aliphatic carbocycles. The summed E-state index contributed by atoms with van der Waals surface area (Å²) >= 11 is 5.23. The van der Waals surface area contributed by atoms with Gasteiger partial charge in [0, 0.05) is 15.4 Å². The van der Waals surface area contributed by atoms with E-state index in [0.717, 1.165) is 37.3 Å². The second-order valence-electron chi connectivity index (χ2n) is 6.25. The van der Waals surface area contributed by atoms with E-state index in [0.29, 0.717) is 19.0 Å². The molecule has 3 aromatic rings. The van der Waals surface area contributed by atoms with E-state index < -0.39 is 7.60 Å². The summed E-state index contributed by atoms with van der Waals surface area (Å²) in [6.07, 6.45) is 0.249. The van der Waals surface area contributed by atoms with Crippen molar-refractivity contribution >= 4 is 46.2 Å². The van der Waals surface area contributed by atoms with Crippen LogP contribution in [-0.2, 0) is 19.8 Å². The molecule has 1 heterocycles. The Morgan fingerprint density at radius 1 is 1.00 bits per heavy atom. The molecule has 0 saturated carbocycles. The van der Waals surface area contributed by atoms with Crippen molar-refractivity contribution in [3.63, 3.8) is 0 Å². The third-order valence-corrected chi connectivity index (χ3v) is 7.57. The summed E-state index contributed by atoms with van der Waals surface area (Å²) in [7, 11) is -3.12. The molecule has 0 aliphatic rings. The third kappa shape index (κ3) is 5.68. The van der Waals surface area contributed by atoms with Gasteiger partial charge in [0.2, 0.25) is 0 Å². The van der Waals surface area contributed by atoms with E-state index in [9.17, 15) is 4.57 Å². The largest absolute Gasteiger partial charge is 0.335 e. The highest BCUT2D eigenvalue weighted by molar-refractivity contribution is 9.10. The zero-order valence-corrected chi connectivity index (χ0v) is 20.0. The van der Waals surface area contributed by atoms with Gasteiger partial charge in [0.1, 0.15) is 5.03 Å². The first-order valence-electron chi connectivity index (χ1n) is 9.55. The normalized spacial score (nSPS) is 11.9. The van der Waals surface area contributed by atoms with Crippen LogP contribution in [0.3, 0.4) is 0 Å². The van der Waals surface area contributed by atoms with E-state index in [2.05, 4.69) is 28.9 Å². The predicted octanol–water partition coefficient (Wildman–Crippen LogP) is 6.94. The summed E-state index contributed by atoms with van der Waals surface area (Å²) in [5.41, 5.74) is 2.72. The average Bonchev–Trinajstić information content (AvgIpc) is 2.69. The number of fused-ring (bicyclic) bond motifs is 1. The lowest BCUT2D eigenvalue weighted by molar-refractivity contribution is 0.219. The Bertz CT molecular complexity index is 1020. The predicted molar refractivity (Wildman–Crippen MR) is 124 cm³/mol. The summed E-state index contributed by atoms with van der Waals surface area (Å²) in [5.74, 6) is 1.61. The van der Waals surface area contributed by atoms with Crippen molar-refractivity contribution in [1.29, 1.82) is 0 Å². The monoisotopic (exact) mass is 494 g/mol. The highest BCUT2D eigenvalue weighted by atomic mass is 79.9. The summed E-state index contributed by atoms with van der Waals surface area (Å²) in [6.45, 7) is 6.45. The molecule has 0 unspecified atom stereocenters.